The first-order chi connectivity index (χ1) is 5.59. The second-order valence-electron chi connectivity index (χ2n) is 4.02. The maximum absolute atomic E-state index is 4.29. The van der Waals surface area contributed by atoms with Crippen molar-refractivity contribution in [2.24, 2.45) is 5.92 Å². The van der Waals surface area contributed by atoms with Crippen molar-refractivity contribution >= 4 is 0 Å². The second kappa shape index (κ2) is 5.05. The van der Waals surface area contributed by atoms with E-state index in [9.17, 15) is 0 Å². The van der Waals surface area contributed by atoms with Crippen LogP contribution in [0.2, 0.25) is 0 Å². The first kappa shape index (κ1) is 12.2. The molecule has 0 atom stereocenters. The van der Waals surface area contributed by atoms with Crippen molar-refractivity contribution in [1.29, 1.82) is 0 Å². The summed E-state index contributed by atoms with van der Waals surface area (Å²) in [6.45, 7) is 8.75. The third kappa shape index (κ3) is 3.62. The molecule has 76 valence electrons. The van der Waals surface area contributed by atoms with Gasteiger partial charge in [0.1, 0.15) is 0 Å². The molecule has 0 N–H and O–H groups in total. The Morgan fingerprint density at radius 3 is 2.31 bits per heavy atom. The van der Waals surface area contributed by atoms with Crippen molar-refractivity contribution in [3.63, 3.8) is 0 Å². The molecule has 0 saturated heterocycles. The van der Waals surface area contributed by atoms with Crippen LogP contribution in [0.1, 0.15) is 46.7 Å². The fourth-order valence-electron chi connectivity index (χ4n) is 1.24. The van der Waals surface area contributed by atoms with Gasteiger partial charge in [0, 0.05) is 12.2 Å². The highest BCUT2D eigenvalue weighted by Crippen LogP contribution is 2.09. The fourth-order valence-corrected chi connectivity index (χ4v) is 1.24. The Morgan fingerprint density at radius 2 is 1.92 bits per heavy atom. The first-order valence-corrected chi connectivity index (χ1v) is 4.62. The third-order valence-corrected chi connectivity index (χ3v) is 1.83. The second-order valence-corrected chi connectivity index (χ2v) is 4.02. The zero-order chi connectivity index (χ0) is 9.14. The monoisotopic (exact) mass is 182 g/mol. The summed E-state index contributed by atoms with van der Waals surface area (Å²) in [6.07, 6.45) is 5.25. The summed E-state index contributed by atoms with van der Waals surface area (Å²) in [7, 11) is 0. The molecular formula is C11H22N2. The van der Waals surface area contributed by atoms with Crippen LogP contribution in [0.4, 0.5) is 0 Å². The molecule has 13 heavy (non-hydrogen) atoms. The van der Waals surface area contributed by atoms with Crippen LogP contribution in [0.3, 0.4) is 0 Å². The van der Waals surface area contributed by atoms with Gasteiger partial charge < -0.3 is 0 Å². The van der Waals surface area contributed by atoms with E-state index in [0.717, 1.165) is 12.3 Å². The van der Waals surface area contributed by atoms with Crippen LogP contribution in [0, 0.1) is 5.92 Å². The van der Waals surface area contributed by atoms with Crippen LogP contribution in [0.25, 0.3) is 0 Å². The van der Waals surface area contributed by atoms with Gasteiger partial charge in [-0.05, 0) is 31.7 Å². The molecule has 0 unspecified atom stereocenters. The Hall–Kier alpha value is -0.790. The Balaban J connectivity index is 0.00000144. The average molecular weight is 182 g/mol. The molecule has 0 aliphatic carbocycles. The quantitative estimate of drug-likeness (QED) is 0.701. The molecule has 0 aromatic carbocycles. The molecule has 2 heteroatoms. The van der Waals surface area contributed by atoms with Gasteiger partial charge in [-0.2, -0.15) is 5.10 Å². The zero-order valence-corrected chi connectivity index (χ0v) is 8.41. The van der Waals surface area contributed by atoms with Gasteiger partial charge in [0.15, 0.2) is 0 Å². The molecule has 0 fully saturated rings. The first-order valence-electron chi connectivity index (χ1n) is 4.62. The van der Waals surface area contributed by atoms with Crippen molar-refractivity contribution in [2.45, 2.75) is 47.6 Å². The van der Waals surface area contributed by atoms with E-state index < -0.39 is 0 Å². The van der Waals surface area contributed by atoms with Crippen molar-refractivity contribution in [2.75, 3.05) is 0 Å². The summed E-state index contributed by atoms with van der Waals surface area (Å²) in [5.74, 6) is 0.717. The summed E-state index contributed by atoms with van der Waals surface area (Å²) in [5.41, 5.74) is 1.35. The van der Waals surface area contributed by atoms with E-state index in [-0.39, 0.29) is 7.43 Å². The van der Waals surface area contributed by atoms with Gasteiger partial charge in [-0.1, -0.05) is 21.3 Å². The molecule has 2 nitrogen and oxygen atoms in total. The normalized spacial score (nSPS) is 10.6. The molecule has 1 aromatic rings. The Morgan fingerprint density at radius 1 is 1.31 bits per heavy atom. The molecule has 1 heterocycles. The largest absolute Gasteiger partial charge is 0.270 e. The molecule has 1 aromatic heterocycles. The van der Waals surface area contributed by atoms with Crippen LogP contribution in [0.15, 0.2) is 12.4 Å². The molecule has 0 bridgehead atoms. The molecule has 1 rings (SSSR count). The number of hydrogen-bond acceptors (Lipinski definition) is 1. The van der Waals surface area contributed by atoms with Gasteiger partial charge in [-0.3, -0.25) is 4.68 Å². The lowest BCUT2D eigenvalue weighted by molar-refractivity contribution is 0.531. The average Bonchev–Trinajstić information content (AvgIpc) is 2.34. The topological polar surface area (TPSA) is 17.8 Å². The maximum Gasteiger partial charge on any atom is 0.0521 e. The molecule has 0 radical (unpaired) electrons. The Labute approximate surface area is 82.0 Å². The molecule has 0 aliphatic heterocycles. The predicted molar refractivity (Wildman–Crippen MR) is 57.9 cm³/mol. The van der Waals surface area contributed by atoms with Crippen LogP contribution < -0.4 is 0 Å². The van der Waals surface area contributed by atoms with E-state index in [4.69, 9.17) is 0 Å². The lowest BCUT2D eigenvalue weighted by Gasteiger charge is -2.03. The lowest BCUT2D eigenvalue weighted by atomic mass is 10.1. The molecule has 0 spiro atoms. The standard InChI is InChI=1S/C10H18N2.CH4/c1-8(2)5-10-6-11-12(7-10)9(3)4;/h6-9H,5H2,1-4H3;1H4. The minimum atomic E-state index is 0. The van der Waals surface area contributed by atoms with Crippen molar-refractivity contribution in [3.8, 4) is 0 Å². The maximum atomic E-state index is 4.29. The summed E-state index contributed by atoms with van der Waals surface area (Å²) in [4.78, 5) is 0. The summed E-state index contributed by atoms with van der Waals surface area (Å²) in [6, 6.07) is 0.478. The van der Waals surface area contributed by atoms with Crippen LogP contribution in [-0.4, -0.2) is 9.78 Å². The van der Waals surface area contributed by atoms with Gasteiger partial charge in [-0.25, -0.2) is 0 Å². The minimum Gasteiger partial charge on any atom is -0.270 e. The number of nitrogens with zero attached hydrogens (tertiary/aromatic N) is 2. The van der Waals surface area contributed by atoms with Gasteiger partial charge in [0.2, 0.25) is 0 Å². The SMILES string of the molecule is C.CC(C)Cc1cnn(C(C)C)c1. The molecule has 0 aliphatic rings. The van der Waals surface area contributed by atoms with E-state index in [1.807, 2.05) is 10.9 Å². The Kier molecular flexibility index (Phi) is 4.74. The van der Waals surface area contributed by atoms with Crippen LogP contribution in [-0.2, 0) is 6.42 Å². The summed E-state index contributed by atoms with van der Waals surface area (Å²) < 4.78 is 2.01. The Bertz CT molecular complexity index is 236. The highest BCUT2D eigenvalue weighted by molar-refractivity contribution is 5.04. The molecular weight excluding hydrogens is 160 g/mol. The number of aromatic nitrogens is 2. The summed E-state index contributed by atoms with van der Waals surface area (Å²) in [5, 5.41) is 4.29. The van der Waals surface area contributed by atoms with E-state index in [2.05, 4.69) is 39.0 Å². The smallest absolute Gasteiger partial charge is 0.0521 e. The third-order valence-electron chi connectivity index (χ3n) is 1.83. The predicted octanol–water partition coefficient (Wildman–Crippen LogP) is 3.30. The van der Waals surface area contributed by atoms with Gasteiger partial charge in [-0.15, -0.1) is 0 Å². The van der Waals surface area contributed by atoms with Crippen LogP contribution >= 0.6 is 0 Å². The summed E-state index contributed by atoms with van der Waals surface area (Å²) >= 11 is 0. The van der Waals surface area contributed by atoms with Crippen molar-refractivity contribution < 1.29 is 0 Å². The van der Waals surface area contributed by atoms with E-state index >= 15 is 0 Å². The van der Waals surface area contributed by atoms with Crippen molar-refractivity contribution in [3.05, 3.63) is 18.0 Å². The van der Waals surface area contributed by atoms with Crippen LogP contribution in [0.5, 0.6) is 0 Å². The molecule has 0 amide bonds. The van der Waals surface area contributed by atoms with E-state index in [0.29, 0.717) is 6.04 Å². The highest BCUT2D eigenvalue weighted by atomic mass is 15.3. The zero-order valence-electron chi connectivity index (χ0n) is 8.41. The lowest BCUT2D eigenvalue weighted by Crippen LogP contribution is -2.00. The van der Waals surface area contributed by atoms with E-state index in [1.165, 1.54) is 5.56 Å². The number of hydrogen-bond donors (Lipinski definition) is 0. The number of rotatable bonds is 3. The highest BCUT2D eigenvalue weighted by Gasteiger charge is 2.02. The fraction of sp³-hybridized carbons (Fsp3) is 0.727. The van der Waals surface area contributed by atoms with E-state index in [1.54, 1.807) is 0 Å². The van der Waals surface area contributed by atoms with Gasteiger partial charge >= 0.3 is 0 Å². The minimum absolute atomic E-state index is 0. The van der Waals surface area contributed by atoms with Crippen molar-refractivity contribution in [1.82, 2.24) is 9.78 Å². The van der Waals surface area contributed by atoms with Gasteiger partial charge in [0.25, 0.3) is 0 Å². The molecule has 0 saturated carbocycles. The van der Waals surface area contributed by atoms with Gasteiger partial charge in [0.05, 0.1) is 6.20 Å².